The lowest BCUT2D eigenvalue weighted by atomic mass is 10.2. The van der Waals surface area contributed by atoms with Gasteiger partial charge in [-0.05, 0) is 35.9 Å². The third-order valence-corrected chi connectivity index (χ3v) is 6.36. The van der Waals surface area contributed by atoms with Crippen molar-refractivity contribution in [3.8, 4) is 11.4 Å². The predicted octanol–water partition coefficient (Wildman–Crippen LogP) is 5.81. The number of hydrogen-bond acceptors (Lipinski definition) is 5. The average molecular weight is 499 g/mol. The molecule has 4 rings (SSSR count). The number of para-hydroxylation sites is 1. The number of carbonyl (C=O) groups excluding carboxylic acids is 1. The van der Waals surface area contributed by atoms with Crippen LogP contribution in [0.25, 0.3) is 5.69 Å². The Morgan fingerprint density at radius 3 is 2.55 bits per heavy atom. The minimum Gasteiger partial charge on any atom is -0.496 e. The van der Waals surface area contributed by atoms with Crippen molar-refractivity contribution in [1.82, 2.24) is 20.1 Å². The van der Waals surface area contributed by atoms with E-state index in [1.807, 2.05) is 34.9 Å². The van der Waals surface area contributed by atoms with Gasteiger partial charge < -0.3 is 10.1 Å². The quantitative estimate of drug-likeness (QED) is 0.310. The summed E-state index contributed by atoms with van der Waals surface area (Å²) < 4.78 is 7.13. The van der Waals surface area contributed by atoms with E-state index in [0.29, 0.717) is 43.8 Å². The van der Waals surface area contributed by atoms with Gasteiger partial charge in [0.25, 0.3) is 5.91 Å². The number of hydrogen-bond donors (Lipinski definition) is 1. The second-order valence-electron chi connectivity index (χ2n) is 6.99. The first-order chi connectivity index (χ1) is 16.1. The molecule has 0 radical (unpaired) electrons. The van der Waals surface area contributed by atoms with Gasteiger partial charge in [0.2, 0.25) is 0 Å². The molecule has 1 N–H and O–H groups in total. The van der Waals surface area contributed by atoms with Crippen LogP contribution >= 0.6 is 35.0 Å². The Bertz CT molecular complexity index is 1260. The van der Waals surface area contributed by atoms with Crippen molar-refractivity contribution in [2.75, 3.05) is 7.11 Å². The van der Waals surface area contributed by atoms with E-state index in [1.54, 1.807) is 30.3 Å². The number of rotatable bonds is 8. The number of nitrogens with one attached hydrogen (secondary N) is 1. The van der Waals surface area contributed by atoms with Gasteiger partial charge in [-0.15, -0.1) is 10.2 Å². The van der Waals surface area contributed by atoms with Crippen molar-refractivity contribution >= 4 is 40.9 Å². The monoisotopic (exact) mass is 498 g/mol. The van der Waals surface area contributed by atoms with Crippen LogP contribution in [0.3, 0.4) is 0 Å². The summed E-state index contributed by atoms with van der Waals surface area (Å²) in [5.74, 6) is 1.47. The van der Waals surface area contributed by atoms with Gasteiger partial charge in [0.05, 0.1) is 29.9 Å². The molecule has 0 bridgehead atoms. The van der Waals surface area contributed by atoms with Gasteiger partial charge in [-0.1, -0.05) is 77.4 Å². The van der Waals surface area contributed by atoms with Gasteiger partial charge in [0.15, 0.2) is 11.0 Å². The third kappa shape index (κ3) is 5.50. The molecule has 3 aromatic carbocycles. The van der Waals surface area contributed by atoms with Gasteiger partial charge in [-0.3, -0.25) is 9.36 Å². The molecule has 0 aliphatic rings. The molecule has 168 valence electrons. The second kappa shape index (κ2) is 10.7. The van der Waals surface area contributed by atoms with E-state index in [4.69, 9.17) is 27.9 Å². The Balaban J connectivity index is 1.61. The van der Waals surface area contributed by atoms with Crippen LogP contribution in [0.2, 0.25) is 10.0 Å². The lowest BCUT2D eigenvalue weighted by Crippen LogP contribution is -2.25. The first-order valence-electron chi connectivity index (χ1n) is 10.0. The normalized spacial score (nSPS) is 10.8. The Kier molecular flexibility index (Phi) is 7.54. The smallest absolute Gasteiger partial charge is 0.255 e. The number of ether oxygens (including phenoxy) is 1. The number of thioether (sulfide) groups is 1. The van der Waals surface area contributed by atoms with Crippen LogP contribution in [-0.2, 0) is 12.3 Å². The zero-order valence-corrected chi connectivity index (χ0v) is 20.0. The fourth-order valence-electron chi connectivity index (χ4n) is 3.22. The van der Waals surface area contributed by atoms with Crippen LogP contribution in [-0.4, -0.2) is 27.8 Å². The lowest BCUT2D eigenvalue weighted by Gasteiger charge is -2.13. The number of nitrogens with zero attached hydrogens (tertiary/aromatic N) is 3. The summed E-state index contributed by atoms with van der Waals surface area (Å²) in [5.41, 5.74) is 2.28. The number of carbonyl (C=O) groups is 1. The summed E-state index contributed by atoms with van der Waals surface area (Å²) in [4.78, 5) is 12.8. The van der Waals surface area contributed by atoms with Gasteiger partial charge in [-0.25, -0.2) is 0 Å². The maximum Gasteiger partial charge on any atom is 0.255 e. The zero-order valence-electron chi connectivity index (χ0n) is 17.7. The average Bonchev–Trinajstić information content (AvgIpc) is 3.24. The number of halogens is 2. The largest absolute Gasteiger partial charge is 0.496 e. The summed E-state index contributed by atoms with van der Waals surface area (Å²) in [7, 11) is 1.53. The second-order valence-corrected chi connectivity index (χ2v) is 8.77. The highest BCUT2D eigenvalue weighted by Crippen LogP contribution is 2.30. The van der Waals surface area contributed by atoms with E-state index < -0.39 is 0 Å². The van der Waals surface area contributed by atoms with Crippen molar-refractivity contribution < 1.29 is 9.53 Å². The molecule has 1 amide bonds. The molecule has 0 saturated carbocycles. The highest BCUT2D eigenvalue weighted by molar-refractivity contribution is 7.98. The van der Waals surface area contributed by atoms with Crippen LogP contribution in [0.4, 0.5) is 0 Å². The maximum atomic E-state index is 12.8. The van der Waals surface area contributed by atoms with Crippen molar-refractivity contribution in [2.24, 2.45) is 0 Å². The molecule has 4 aromatic rings. The highest BCUT2D eigenvalue weighted by Gasteiger charge is 2.19. The first kappa shape index (κ1) is 23.2. The van der Waals surface area contributed by atoms with Gasteiger partial charge >= 0.3 is 0 Å². The summed E-state index contributed by atoms with van der Waals surface area (Å²) in [6, 6.07) is 22.3. The van der Waals surface area contributed by atoms with Crippen LogP contribution in [0.5, 0.6) is 5.75 Å². The summed E-state index contributed by atoms with van der Waals surface area (Å²) in [6.07, 6.45) is 0. The Morgan fingerprint density at radius 2 is 1.79 bits per heavy atom. The minimum atomic E-state index is -0.275. The number of aromatic nitrogens is 3. The highest BCUT2D eigenvalue weighted by atomic mass is 35.5. The number of methoxy groups -OCH3 is 1. The van der Waals surface area contributed by atoms with Crippen LogP contribution in [0.15, 0.2) is 78.0 Å². The van der Waals surface area contributed by atoms with E-state index in [0.717, 1.165) is 5.56 Å². The van der Waals surface area contributed by atoms with Crippen LogP contribution in [0, 0.1) is 0 Å². The topological polar surface area (TPSA) is 69.0 Å². The molecule has 33 heavy (non-hydrogen) atoms. The fourth-order valence-corrected chi connectivity index (χ4v) is 4.63. The first-order valence-corrected chi connectivity index (χ1v) is 11.8. The molecule has 0 fully saturated rings. The summed E-state index contributed by atoms with van der Waals surface area (Å²) in [5, 5.41) is 13.2. The molecule has 0 aliphatic heterocycles. The van der Waals surface area contributed by atoms with Crippen molar-refractivity contribution in [3.63, 3.8) is 0 Å². The maximum absolute atomic E-state index is 12.8. The Hall–Kier alpha value is -3.00. The zero-order chi connectivity index (χ0) is 23.2. The molecule has 0 saturated heterocycles. The van der Waals surface area contributed by atoms with Crippen LogP contribution < -0.4 is 10.1 Å². The van der Waals surface area contributed by atoms with Crippen molar-refractivity contribution in [2.45, 2.75) is 17.5 Å². The van der Waals surface area contributed by atoms with E-state index >= 15 is 0 Å². The Morgan fingerprint density at radius 1 is 1.03 bits per heavy atom. The van der Waals surface area contributed by atoms with E-state index in [-0.39, 0.29) is 12.5 Å². The summed E-state index contributed by atoms with van der Waals surface area (Å²) >= 11 is 14.1. The van der Waals surface area contributed by atoms with E-state index in [2.05, 4.69) is 27.6 Å². The predicted molar refractivity (Wildman–Crippen MR) is 132 cm³/mol. The van der Waals surface area contributed by atoms with Gasteiger partial charge in [-0.2, -0.15) is 0 Å². The number of amides is 1. The Labute approximate surface area is 205 Å². The molecule has 0 aliphatic carbocycles. The van der Waals surface area contributed by atoms with Crippen LogP contribution in [0.1, 0.15) is 21.7 Å². The third-order valence-electron chi connectivity index (χ3n) is 4.82. The van der Waals surface area contributed by atoms with Crippen molar-refractivity contribution in [1.29, 1.82) is 0 Å². The lowest BCUT2D eigenvalue weighted by molar-refractivity contribution is 0.0946. The molecule has 1 aromatic heterocycles. The fraction of sp³-hybridized carbons (Fsp3) is 0.125. The molecule has 0 atom stereocenters. The van der Waals surface area contributed by atoms with Gasteiger partial charge in [0.1, 0.15) is 5.75 Å². The summed E-state index contributed by atoms with van der Waals surface area (Å²) in [6.45, 7) is 0.148. The minimum absolute atomic E-state index is 0.148. The molecular formula is C24H20Cl2N4O2S. The molecule has 6 nitrogen and oxygen atoms in total. The molecule has 1 heterocycles. The molecular weight excluding hydrogens is 479 g/mol. The standard InChI is InChI=1S/C24H20Cl2N4O2S/c1-32-21-10-6-5-9-18(21)23(31)27-14-22-28-29-24(33-15-16-7-3-2-4-8-16)30(22)20-12-11-17(25)13-19(20)26/h2-13H,14-15H2,1H3,(H,27,31). The SMILES string of the molecule is COc1ccccc1C(=O)NCc1nnc(SCc2ccccc2)n1-c1ccc(Cl)cc1Cl. The van der Waals surface area contributed by atoms with E-state index in [9.17, 15) is 4.79 Å². The number of benzene rings is 3. The molecule has 9 heteroatoms. The van der Waals surface area contributed by atoms with Crippen molar-refractivity contribution in [3.05, 3.63) is 99.8 Å². The molecule has 0 spiro atoms. The molecule has 0 unspecified atom stereocenters. The van der Waals surface area contributed by atoms with Gasteiger partial charge in [0, 0.05) is 10.8 Å². The van der Waals surface area contributed by atoms with E-state index in [1.165, 1.54) is 18.9 Å².